The largest absolute Gasteiger partial charge is 0.281 e. The predicted octanol–water partition coefficient (Wildman–Crippen LogP) is 2.01. The molecule has 1 aromatic rings. The standard InChI is InChI=1S/C7H7ClFNO2S/c8-6-1-3-7(4-2-6)10-13(11,12)5-9/h1-4,10H,5H2. The minimum atomic E-state index is -3.85. The molecule has 13 heavy (non-hydrogen) atoms. The zero-order valence-electron chi connectivity index (χ0n) is 6.50. The van der Waals surface area contributed by atoms with Crippen molar-refractivity contribution in [1.29, 1.82) is 0 Å². The second-order valence-corrected chi connectivity index (χ2v) is 4.42. The van der Waals surface area contributed by atoms with Crippen LogP contribution in [0.3, 0.4) is 0 Å². The molecule has 0 fully saturated rings. The van der Waals surface area contributed by atoms with Crippen molar-refractivity contribution in [1.82, 2.24) is 0 Å². The molecule has 0 spiro atoms. The van der Waals surface area contributed by atoms with Crippen molar-refractivity contribution in [2.75, 3.05) is 10.7 Å². The Hall–Kier alpha value is -0.810. The van der Waals surface area contributed by atoms with Crippen LogP contribution in [0.1, 0.15) is 0 Å². The third kappa shape index (κ3) is 3.20. The number of rotatable bonds is 3. The highest BCUT2D eigenvalue weighted by Gasteiger charge is 2.08. The summed E-state index contributed by atoms with van der Waals surface area (Å²) in [4.78, 5) is 0. The van der Waals surface area contributed by atoms with Gasteiger partial charge in [-0.05, 0) is 24.3 Å². The van der Waals surface area contributed by atoms with Gasteiger partial charge in [-0.2, -0.15) is 0 Å². The number of benzene rings is 1. The van der Waals surface area contributed by atoms with Gasteiger partial charge in [0.1, 0.15) is 0 Å². The predicted molar refractivity (Wildman–Crippen MR) is 50.0 cm³/mol. The summed E-state index contributed by atoms with van der Waals surface area (Å²) in [7, 11) is -3.85. The van der Waals surface area contributed by atoms with E-state index in [4.69, 9.17) is 11.6 Å². The van der Waals surface area contributed by atoms with E-state index < -0.39 is 16.0 Å². The summed E-state index contributed by atoms with van der Waals surface area (Å²) in [6, 6.07) is 4.50. The zero-order valence-corrected chi connectivity index (χ0v) is 8.07. The second-order valence-electron chi connectivity index (χ2n) is 2.33. The summed E-state index contributed by atoms with van der Waals surface area (Å²) >= 11 is 5.57. The number of halogens is 2. The number of hydrogen-bond acceptors (Lipinski definition) is 2. The third-order valence-corrected chi connectivity index (χ3v) is 2.35. The molecule has 0 saturated carbocycles. The molecule has 1 rings (SSSR count). The van der Waals surface area contributed by atoms with E-state index in [0.29, 0.717) is 10.7 Å². The fourth-order valence-electron chi connectivity index (χ4n) is 0.725. The Morgan fingerprint density at radius 3 is 2.31 bits per heavy atom. The second kappa shape index (κ2) is 3.93. The van der Waals surface area contributed by atoms with Crippen LogP contribution in [-0.4, -0.2) is 14.4 Å². The van der Waals surface area contributed by atoms with Gasteiger partial charge in [-0.1, -0.05) is 11.6 Å². The van der Waals surface area contributed by atoms with Crippen LogP contribution in [0.4, 0.5) is 10.1 Å². The van der Waals surface area contributed by atoms with Crippen LogP contribution >= 0.6 is 11.6 Å². The van der Waals surface area contributed by atoms with E-state index in [2.05, 4.69) is 0 Å². The number of hydrogen-bond donors (Lipinski definition) is 1. The Morgan fingerprint density at radius 2 is 1.85 bits per heavy atom. The monoisotopic (exact) mass is 223 g/mol. The maximum absolute atomic E-state index is 11.9. The molecule has 0 radical (unpaired) electrons. The van der Waals surface area contributed by atoms with E-state index >= 15 is 0 Å². The molecule has 0 saturated heterocycles. The Balaban J connectivity index is 2.82. The molecule has 6 heteroatoms. The normalized spacial score (nSPS) is 11.2. The van der Waals surface area contributed by atoms with Gasteiger partial charge in [0.05, 0.1) is 0 Å². The molecule has 0 heterocycles. The Kier molecular flexibility index (Phi) is 3.11. The molecule has 0 atom stereocenters. The van der Waals surface area contributed by atoms with Gasteiger partial charge in [-0.15, -0.1) is 0 Å². The van der Waals surface area contributed by atoms with Crippen molar-refractivity contribution in [3.8, 4) is 0 Å². The molecule has 0 aliphatic carbocycles. The quantitative estimate of drug-likeness (QED) is 0.852. The van der Waals surface area contributed by atoms with Crippen LogP contribution in [0.15, 0.2) is 24.3 Å². The maximum Gasteiger partial charge on any atom is 0.262 e. The Bertz CT molecular complexity index is 376. The summed E-state index contributed by atoms with van der Waals surface area (Å²) in [5, 5.41) is 0.489. The van der Waals surface area contributed by atoms with Crippen LogP contribution in [0, 0.1) is 0 Å². The molecular formula is C7H7ClFNO2S. The van der Waals surface area contributed by atoms with E-state index in [1.54, 1.807) is 0 Å². The van der Waals surface area contributed by atoms with Gasteiger partial charge < -0.3 is 0 Å². The first-order valence-corrected chi connectivity index (χ1v) is 5.38. The summed E-state index contributed by atoms with van der Waals surface area (Å²) in [5.41, 5.74) is 0.294. The van der Waals surface area contributed by atoms with E-state index in [-0.39, 0.29) is 0 Å². The lowest BCUT2D eigenvalue weighted by Crippen LogP contribution is -2.13. The first kappa shape index (κ1) is 10.3. The van der Waals surface area contributed by atoms with Crippen molar-refractivity contribution in [3.63, 3.8) is 0 Å². The molecule has 0 aliphatic heterocycles. The molecule has 0 unspecified atom stereocenters. The first-order valence-electron chi connectivity index (χ1n) is 3.35. The molecule has 0 aliphatic rings. The minimum Gasteiger partial charge on any atom is -0.281 e. The lowest BCUT2D eigenvalue weighted by molar-refractivity contribution is 0.538. The van der Waals surface area contributed by atoms with Crippen LogP contribution in [0.2, 0.25) is 5.02 Å². The summed E-state index contributed by atoms with van der Waals surface area (Å²) < 4.78 is 35.4. The Labute approximate surface area is 80.6 Å². The van der Waals surface area contributed by atoms with Gasteiger partial charge in [-0.25, -0.2) is 12.8 Å². The molecule has 3 nitrogen and oxygen atoms in total. The van der Waals surface area contributed by atoms with Crippen molar-refractivity contribution < 1.29 is 12.8 Å². The average molecular weight is 224 g/mol. The van der Waals surface area contributed by atoms with Crippen LogP contribution in [0.5, 0.6) is 0 Å². The highest BCUT2D eigenvalue weighted by molar-refractivity contribution is 7.92. The van der Waals surface area contributed by atoms with Gasteiger partial charge in [0.2, 0.25) is 6.01 Å². The highest BCUT2D eigenvalue weighted by Crippen LogP contribution is 2.14. The van der Waals surface area contributed by atoms with Gasteiger partial charge in [-0.3, -0.25) is 4.72 Å². The first-order chi connectivity index (χ1) is 6.03. The van der Waals surface area contributed by atoms with Gasteiger partial charge in [0.25, 0.3) is 10.0 Å². The highest BCUT2D eigenvalue weighted by atomic mass is 35.5. The minimum absolute atomic E-state index is 0.294. The van der Waals surface area contributed by atoms with E-state index in [1.807, 2.05) is 4.72 Å². The lowest BCUT2D eigenvalue weighted by atomic mass is 10.3. The number of nitrogens with one attached hydrogen (secondary N) is 1. The van der Waals surface area contributed by atoms with Gasteiger partial charge >= 0.3 is 0 Å². The molecule has 0 aromatic heterocycles. The smallest absolute Gasteiger partial charge is 0.262 e. The molecule has 1 N–H and O–H groups in total. The van der Waals surface area contributed by atoms with Crippen molar-refractivity contribution in [2.45, 2.75) is 0 Å². The summed E-state index contributed by atoms with van der Waals surface area (Å²) in [6.07, 6.45) is 0. The third-order valence-electron chi connectivity index (χ3n) is 1.26. The van der Waals surface area contributed by atoms with E-state index in [0.717, 1.165) is 0 Å². The molecule has 72 valence electrons. The summed E-state index contributed by atoms with van der Waals surface area (Å²) in [5.74, 6) is 0. The zero-order chi connectivity index (χ0) is 9.90. The van der Waals surface area contributed by atoms with Crippen LogP contribution in [0.25, 0.3) is 0 Å². The van der Waals surface area contributed by atoms with E-state index in [1.165, 1.54) is 24.3 Å². The maximum atomic E-state index is 11.9. The fourth-order valence-corrected chi connectivity index (χ4v) is 1.40. The van der Waals surface area contributed by atoms with Crippen LogP contribution in [-0.2, 0) is 10.0 Å². The summed E-state index contributed by atoms with van der Waals surface area (Å²) in [6.45, 7) is 0. The SMILES string of the molecule is O=S(=O)(CF)Nc1ccc(Cl)cc1. The molecular weight excluding hydrogens is 217 g/mol. The lowest BCUT2D eigenvalue weighted by Gasteiger charge is -2.03. The molecule has 0 bridgehead atoms. The number of alkyl halides is 1. The van der Waals surface area contributed by atoms with Gasteiger partial charge in [0.15, 0.2) is 0 Å². The van der Waals surface area contributed by atoms with Crippen molar-refractivity contribution >= 4 is 27.3 Å². The van der Waals surface area contributed by atoms with Crippen molar-refractivity contribution in [3.05, 3.63) is 29.3 Å². The molecule has 1 aromatic carbocycles. The van der Waals surface area contributed by atoms with Gasteiger partial charge in [0, 0.05) is 10.7 Å². The number of sulfonamides is 1. The van der Waals surface area contributed by atoms with E-state index in [9.17, 15) is 12.8 Å². The average Bonchev–Trinajstić information content (AvgIpc) is 2.09. The fraction of sp³-hybridized carbons (Fsp3) is 0.143. The van der Waals surface area contributed by atoms with Crippen molar-refractivity contribution in [2.24, 2.45) is 0 Å². The Morgan fingerprint density at radius 1 is 1.31 bits per heavy atom. The molecule has 0 amide bonds. The number of anilines is 1. The topological polar surface area (TPSA) is 46.2 Å². The van der Waals surface area contributed by atoms with Crippen LogP contribution < -0.4 is 4.72 Å².